The molecule has 4 rings (SSSR count). The number of fused-ring (bicyclic) bond motifs is 1. The molecule has 2 aromatic carbocycles. The first-order chi connectivity index (χ1) is 14.0. The molecule has 1 aliphatic rings. The number of thioether (sulfide) groups is 1. The molecule has 0 bridgehead atoms. The Hall–Kier alpha value is -2.67. The molecule has 29 heavy (non-hydrogen) atoms. The number of aryl methyl sites for hydroxylation is 1. The average molecular weight is 413 g/mol. The summed E-state index contributed by atoms with van der Waals surface area (Å²) in [6.07, 6.45) is 4.08. The number of carbonyl (C=O) groups is 1. The standard InChI is InChI=1S/C22H21F2N3OS/c1-14(21(28)26-20-16(23)10-7-11-17(20)24)29-22-25-18-12-5-6-13-19(18)27(22)15-8-3-2-4-9-15/h2-4,7-11,14H,5-6,12-13H2,1H3,(H,26,28). The van der Waals surface area contributed by atoms with Gasteiger partial charge >= 0.3 is 0 Å². The van der Waals surface area contributed by atoms with Crippen LogP contribution in [0.5, 0.6) is 0 Å². The van der Waals surface area contributed by atoms with Crippen LogP contribution in [0.15, 0.2) is 53.7 Å². The molecule has 1 aliphatic carbocycles. The van der Waals surface area contributed by atoms with Crippen LogP contribution in [0.25, 0.3) is 5.69 Å². The van der Waals surface area contributed by atoms with Crippen LogP contribution in [0.2, 0.25) is 0 Å². The predicted molar refractivity (Wildman–Crippen MR) is 111 cm³/mol. The number of amides is 1. The van der Waals surface area contributed by atoms with Crippen LogP contribution in [0.1, 0.15) is 31.2 Å². The molecule has 3 aromatic rings. The minimum Gasteiger partial charge on any atom is -0.320 e. The van der Waals surface area contributed by atoms with Crippen molar-refractivity contribution in [3.05, 3.63) is 71.6 Å². The van der Waals surface area contributed by atoms with Gasteiger partial charge in [-0.3, -0.25) is 9.36 Å². The zero-order chi connectivity index (χ0) is 20.4. The highest BCUT2D eigenvalue weighted by Crippen LogP contribution is 2.33. The average Bonchev–Trinajstić information content (AvgIpc) is 3.09. The maximum absolute atomic E-state index is 13.9. The Balaban J connectivity index is 1.60. The van der Waals surface area contributed by atoms with Crippen molar-refractivity contribution in [1.82, 2.24) is 9.55 Å². The first kappa shape index (κ1) is 19.6. The highest BCUT2D eigenvalue weighted by molar-refractivity contribution is 8.00. The van der Waals surface area contributed by atoms with Crippen LogP contribution >= 0.6 is 11.8 Å². The van der Waals surface area contributed by atoms with E-state index in [2.05, 4.69) is 9.88 Å². The van der Waals surface area contributed by atoms with Gasteiger partial charge < -0.3 is 5.32 Å². The molecule has 7 heteroatoms. The molecule has 0 fully saturated rings. The number of nitrogens with one attached hydrogen (secondary N) is 1. The van der Waals surface area contributed by atoms with Crippen molar-refractivity contribution in [2.24, 2.45) is 0 Å². The fraction of sp³-hybridized carbons (Fsp3) is 0.273. The van der Waals surface area contributed by atoms with Crippen molar-refractivity contribution in [1.29, 1.82) is 0 Å². The Bertz CT molecular complexity index is 1020. The lowest BCUT2D eigenvalue weighted by atomic mass is 10.0. The number of para-hydroxylation sites is 2. The number of anilines is 1. The maximum atomic E-state index is 13.9. The Labute approximate surface area is 172 Å². The van der Waals surface area contributed by atoms with E-state index in [1.807, 2.05) is 30.3 Å². The van der Waals surface area contributed by atoms with Crippen molar-refractivity contribution < 1.29 is 13.6 Å². The van der Waals surface area contributed by atoms with Crippen molar-refractivity contribution in [3.63, 3.8) is 0 Å². The molecule has 1 aromatic heterocycles. The van der Waals surface area contributed by atoms with Crippen LogP contribution in [-0.4, -0.2) is 20.7 Å². The molecular formula is C22H21F2N3OS. The Morgan fingerprint density at radius 2 is 1.76 bits per heavy atom. The van der Waals surface area contributed by atoms with E-state index < -0.39 is 28.5 Å². The molecule has 1 heterocycles. The molecule has 1 unspecified atom stereocenters. The molecule has 1 N–H and O–H groups in total. The van der Waals surface area contributed by atoms with Gasteiger partial charge in [-0.2, -0.15) is 0 Å². The third-order valence-corrected chi connectivity index (χ3v) is 6.03. The molecule has 150 valence electrons. The SMILES string of the molecule is CC(Sc1nc2c(n1-c1ccccc1)CCCC2)C(=O)Nc1c(F)cccc1F. The first-order valence-electron chi connectivity index (χ1n) is 9.62. The van der Waals surface area contributed by atoms with Crippen LogP contribution < -0.4 is 5.32 Å². The van der Waals surface area contributed by atoms with Gasteiger partial charge in [-0.25, -0.2) is 13.8 Å². The van der Waals surface area contributed by atoms with E-state index >= 15 is 0 Å². The Morgan fingerprint density at radius 3 is 2.48 bits per heavy atom. The summed E-state index contributed by atoms with van der Waals surface area (Å²) in [6, 6.07) is 13.4. The van der Waals surface area contributed by atoms with E-state index in [9.17, 15) is 13.6 Å². The highest BCUT2D eigenvalue weighted by Gasteiger charge is 2.25. The van der Waals surface area contributed by atoms with Crippen molar-refractivity contribution >= 4 is 23.4 Å². The number of hydrogen-bond donors (Lipinski definition) is 1. The molecule has 0 saturated heterocycles. The topological polar surface area (TPSA) is 46.9 Å². The van der Waals surface area contributed by atoms with Crippen LogP contribution in [0.3, 0.4) is 0 Å². The molecule has 0 aliphatic heterocycles. The van der Waals surface area contributed by atoms with Crippen molar-refractivity contribution in [3.8, 4) is 5.69 Å². The lowest BCUT2D eigenvalue weighted by Gasteiger charge is -2.16. The number of benzene rings is 2. The number of halogens is 2. The summed E-state index contributed by atoms with van der Waals surface area (Å²) in [4.78, 5) is 17.4. The molecule has 4 nitrogen and oxygen atoms in total. The molecule has 1 amide bonds. The lowest BCUT2D eigenvalue weighted by molar-refractivity contribution is -0.115. The number of hydrogen-bond acceptors (Lipinski definition) is 3. The fourth-order valence-electron chi connectivity index (χ4n) is 3.49. The predicted octanol–water partition coefficient (Wildman–Crippen LogP) is 5.15. The van der Waals surface area contributed by atoms with E-state index in [0.29, 0.717) is 0 Å². The van der Waals surface area contributed by atoms with Gasteiger partial charge in [-0.15, -0.1) is 0 Å². The van der Waals surface area contributed by atoms with Crippen molar-refractivity contribution in [2.45, 2.75) is 43.0 Å². The summed E-state index contributed by atoms with van der Waals surface area (Å²) >= 11 is 1.29. The van der Waals surface area contributed by atoms with Gasteiger partial charge in [-0.05, 0) is 56.9 Å². The second kappa shape index (κ2) is 8.37. The Morgan fingerprint density at radius 1 is 1.07 bits per heavy atom. The van der Waals surface area contributed by atoms with Gasteiger partial charge in [0.25, 0.3) is 0 Å². The van der Waals surface area contributed by atoms with E-state index in [1.165, 1.54) is 23.5 Å². The summed E-state index contributed by atoms with van der Waals surface area (Å²) in [6.45, 7) is 1.71. The summed E-state index contributed by atoms with van der Waals surface area (Å²) < 4.78 is 29.8. The monoisotopic (exact) mass is 413 g/mol. The zero-order valence-electron chi connectivity index (χ0n) is 16.0. The van der Waals surface area contributed by atoms with Gasteiger partial charge in [0.1, 0.15) is 17.3 Å². The van der Waals surface area contributed by atoms with E-state index in [-0.39, 0.29) is 0 Å². The number of nitrogens with zero attached hydrogens (tertiary/aromatic N) is 2. The van der Waals surface area contributed by atoms with Gasteiger partial charge in [0.15, 0.2) is 5.16 Å². The summed E-state index contributed by atoms with van der Waals surface area (Å²) in [5.41, 5.74) is 2.82. The van der Waals surface area contributed by atoms with Gasteiger partial charge in [-0.1, -0.05) is 36.0 Å². The highest BCUT2D eigenvalue weighted by atomic mass is 32.2. The molecule has 1 atom stereocenters. The Kier molecular flexibility index (Phi) is 5.67. The molecule has 0 saturated carbocycles. The second-order valence-electron chi connectivity index (χ2n) is 7.01. The van der Waals surface area contributed by atoms with Gasteiger partial charge in [0, 0.05) is 11.4 Å². The second-order valence-corrected chi connectivity index (χ2v) is 8.32. The smallest absolute Gasteiger partial charge is 0.237 e. The number of rotatable bonds is 5. The molecular weight excluding hydrogens is 392 g/mol. The third-order valence-electron chi connectivity index (χ3n) is 4.98. The fourth-order valence-corrected chi connectivity index (χ4v) is 4.46. The van der Waals surface area contributed by atoms with E-state index in [0.717, 1.165) is 54.4 Å². The van der Waals surface area contributed by atoms with Crippen molar-refractivity contribution in [2.75, 3.05) is 5.32 Å². The molecule has 0 spiro atoms. The minimum atomic E-state index is -0.795. The zero-order valence-corrected chi connectivity index (χ0v) is 16.8. The number of carbonyl (C=O) groups excluding carboxylic acids is 1. The lowest BCUT2D eigenvalue weighted by Crippen LogP contribution is -2.24. The summed E-state index contributed by atoms with van der Waals surface area (Å²) in [5.74, 6) is -2.06. The van der Waals surface area contributed by atoms with Crippen LogP contribution in [-0.2, 0) is 17.6 Å². The summed E-state index contributed by atoms with van der Waals surface area (Å²) in [5, 5.41) is 2.51. The third kappa shape index (κ3) is 4.05. The minimum absolute atomic E-state index is 0.421. The van der Waals surface area contributed by atoms with E-state index in [1.54, 1.807) is 6.92 Å². The number of aromatic nitrogens is 2. The largest absolute Gasteiger partial charge is 0.320 e. The first-order valence-corrected chi connectivity index (χ1v) is 10.5. The van der Waals surface area contributed by atoms with Gasteiger partial charge in [0.05, 0.1) is 10.9 Å². The number of imidazole rings is 1. The summed E-state index contributed by atoms with van der Waals surface area (Å²) in [7, 11) is 0. The quantitative estimate of drug-likeness (QED) is 0.589. The molecule has 0 radical (unpaired) electrons. The maximum Gasteiger partial charge on any atom is 0.237 e. The van der Waals surface area contributed by atoms with Crippen LogP contribution in [0.4, 0.5) is 14.5 Å². The van der Waals surface area contributed by atoms with Crippen LogP contribution in [0, 0.1) is 11.6 Å². The van der Waals surface area contributed by atoms with E-state index in [4.69, 9.17) is 4.98 Å². The normalized spacial score (nSPS) is 14.3. The van der Waals surface area contributed by atoms with Gasteiger partial charge in [0.2, 0.25) is 5.91 Å².